The Kier molecular flexibility index (Phi) is 3.93. The van der Waals surface area contributed by atoms with E-state index in [2.05, 4.69) is 0 Å². The number of benzene rings is 1. The monoisotopic (exact) mass is 256 g/mol. The van der Waals surface area contributed by atoms with E-state index in [4.69, 9.17) is 5.11 Å². The van der Waals surface area contributed by atoms with Crippen molar-refractivity contribution < 1.29 is 24.0 Å². The van der Waals surface area contributed by atoms with Crippen LogP contribution in [0.1, 0.15) is 17.3 Å². The molecule has 0 aliphatic rings. The van der Waals surface area contributed by atoms with Crippen molar-refractivity contribution in [3.63, 3.8) is 0 Å². The standard InChI is InChI=1S/C10H9FN2O5/c1-5(10(15)16)12-9(14)7-4-6(11)2-3-8(7)13(17)18/h2-5H,1H3,(H,12,14)(H,15,16). The third-order valence-corrected chi connectivity index (χ3v) is 2.12. The number of rotatable bonds is 4. The average molecular weight is 256 g/mol. The van der Waals surface area contributed by atoms with Crippen molar-refractivity contribution in [2.75, 3.05) is 0 Å². The van der Waals surface area contributed by atoms with Gasteiger partial charge in [0, 0.05) is 6.07 Å². The van der Waals surface area contributed by atoms with Crippen molar-refractivity contribution in [1.29, 1.82) is 0 Å². The van der Waals surface area contributed by atoms with Crippen molar-refractivity contribution in [2.45, 2.75) is 13.0 Å². The summed E-state index contributed by atoms with van der Waals surface area (Å²) >= 11 is 0. The molecule has 1 aromatic rings. The number of carbonyl (C=O) groups is 2. The van der Waals surface area contributed by atoms with Crippen LogP contribution in [0, 0.1) is 15.9 Å². The Bertz CT molecular complexity index is 517. The van der Waals surface area contributed by atoms with E-state index < -0.39 is 39.9 Å². The topological polar surface area (TPSA) is 110 Å². The van der Waals surface area contributed by atoms with E-state index in [9.17, 15) is 24.1 Å². The first kappa shape index (κ1) is 13.6. The molecule has 2 N–H and O–H groups in total. The number of carbonyl (C=O) groups excluding carboxylic acids is 1. The minimum atomic E-state index is -1.30. The van der Waals surface area contributed by atoms with Gasteiger partial charge < -0.3 is 10.4 Å². The third kappa shape index (κ3) is 3.00. The van der Waals surface area contributed by atoms with Crippen LogP contribution in [-0.4, -0.2) is 27.9 Å². The summed E-state index contributed by atoms with van der Waals surface area (Å²) in [5.41, 5.74) is -1.11. The zero-order chi connectivity index (χ0) is 13.9. The maximum Gasteiger partial charge on any atom is 0.325 e. The first-order valence-corrected chi connectivity index (χ1v) is 4.80. The highest BCUT2D eigenvalue weighted by molar-refractivity contribution is 5.99. The molecule has 0 radical (unpaired) electrons. The Morgan fingerprint density at radius 2 is 2.11 bits per heavy atom. The number of nitro groups is 1. The smallest absolute Gasteiger partial charge is 0.325 e. The van der Waals surface area contributed by atoms with Crippen LogP contribution in [0.25, 0.3) is 0 Å². The molecule has 0 bridgehead atoms. The summed E-state index contributed by atoms with van der Waals surface area (Å²) < 4.78 is 12.9. The molecule has 0 spiro atoms. The molecule has 1 unspecified atom stereocenters. The van der Waals surface area contributed by atoms with Crippen LogP contribution in [0.5, 0.6) is 0 Å². The van der Waals surface area contributed by atoms with E-state index in [0.717, 1.165) is 12.1 Å². The number of aliphatic carboxylic acids is 1. The second-order valence-electron chi connectivity index (χ2n) is 3.45. The Morgan fingerprint density at radius 3 is 2.61 bits per heavy atom. The fourth-order valence-electron chi connectivity index (χ4n) is 1.19. The molecule has 0 aromatic heterocycles. The minimum absolute atomic E-state index is 0.520. The minimum Gasteiger partial charge on any atom is -0.480 e. The predicted molar refractivity (Wildman–Crippen MR) is 57.6 cm³/mol. The van der Waals surface area contributed by atoms with Gasteiger partial charge in [0.25, 0.3) is 11.6 Å². The van der Waals surface area contributed by atoms with Gasteiger partial charge in [0.05, 0.1) is 4.92 Å². The van der Waals surface area contributed by atoms with Gasteiger partial charge in [-0.15, -0.1) is 0 Å². The number of halogens is 1. The van der Waals surface area contributed by atoms with E-state index in [1.165, 1.54) is 6.92 Å². The summed E-state index contributed by atoms with van der Waals surface area (Å²) in [4.78, 5) is 31.9. The molecule has 1 rings (SSSR count). The molecular formula is C10H9FN2O5. The molecule has 0 heterocycles. The molecule has 0 saturated carbocycles. The summed E-state index contributed by atoms with van der Waals surface area (Å²) in [5.74, 6) is -3.15. The molecule has 0 fully saturated rings. The van der Waals surface area contributed by atoms with Crippen LogP contribution in [0.15, 0.2) is 18.2 Å². The molecule has 7 nitrogen and oxygen atoms in total. The van der Waals surface area contributed by atoms with Crippen LogP contribution in [0.4, 0.5) is 10.1 Å². The number of carboxylic acids is 1. The SMILES string of the molecule is CC(NC(=O)c1cc(F)ccc1[N+](=O)[O-])C(=O)O. The second-order valence-corrected chi connectivity index (χ2v) is 3.45. The Labute approximate surface area is 100 Å². The van der Waals surface area contributed by atoms with E-state index in [0.29, 0.717) is 6.07 Å². The number of amides is 1. The Balaban J connectivity index is 3.08. The molecule has 0 saturated heterocycles. The largest absolute Gasteiger partial charge is 0.480 e. The number of hydrogen-bond acceptors (Lipinski definition) is 4. The zero-order valence-electron chi connectivity index (χ0n) is 9.21. The maximum atomic E-state index is 12.9. The van der Waals surface area contributed by atoms with Crippen molar-refractivity contribution in [3.05, 3.63) is 39.7 Å². The highest BCUT2D eigenvalue weighted by Crippen LogP contribution is 2.19. The zero-order valence-corrected chi connectivity index (χ0v) is 9.21. The molecule has 0 aliphatic carbocycles. The van der Waals surface area contributed by atoms with Gasteiger partial charge in [-0.05, 0) is 19.1 Å². The Hall–Kier alpha value is -2.51. The molecule has 1 atom stereocenters. The van der Waals surface area contributed by atoms with E-state index in [1.807, 2.05) is 5.32 Å². The van der Waals surface area contributed by atoms with Crippen LogP contribution in [0.2, 0.25) is 0 Å². The fraction of sp³-hybridized carbons (Fsp3) is 0.200. The molecular weight excluding hydrogens is 247 g/mol. The first-order valence-electron chi connectivity index (χ1n) is 4.80. The second kappa shape index (κ2) is 5.21. The summed E-state index contributed by atoms with van der Waals surface area (Å²) in [6.07, 6.45) is 0. The lowest BCUT2D eigenvalue weighted by Gasteiger charge is -2.09. The van der Waals surface area contributed by atoms with Crippen LogP contribution >= 0.6 is 0 Å². The summed E-state index contributed by atoms with van der Waals surface area (Å²) in [6, 6.07) is 1.13. The number of nitrogens with one attached hydrogen (secondary N) is 1. The Morgan fingerprint density at radius 1 is 1.50 bits per heavy atom. The fourth-order valence-corrected chi connectivity index (χ4v) is 1.19. The van der Waals surface area contributed by atoms with Crippen LogP contribution in [0.3, 0.4) is 0 Å². The third-order valence-electron chi connectivity index (χ3n) is 2.12. The maximum absolute atomic E-state index is 12.9. The highest BCUT2D eigenvalue weighted by Gasteiger charge is 2.23. The van der Waals surface area contributed by atoms with E-state index >= 15 is 0 Å². The number of hydrogen-bond donors (Lipinski definition) is 2. The summed E-state index contributed by atoms with van der Waals surface area (Å²) in [5, 5.41) is 21.2. The van der Waals surface area contributed by atoms with Gasteiger partial charge >= 0.3 is 5.97 Å². The molecule has 8 heteroatoms. The lowest BCUT2D eigenvalue weighted by molar-refractivity contribution is -0.385. The van der Waals surface area contributed by atoms with Gasteiger partial charge in [0.2, 0.25) is 0 Å². The van der Waals surface area contributed by atoms with Gasteiger partial charge in [0.15, 0.2) is 0 Å². The number of carboxylic acid groups (broad SMARTS) is 1. The summed E-state index contributed by atoms with van der Waals surface area (Å²) in [7, 11) is 0. The van der Waals surface area contributed by atoms with Gasteiger partial charge in [-0.2, -0.15) is 0 Å². The normalized spacial score (nSPS) is 11.7. The molecule has 1 aromatic carbocycles. The lowest BCUT2D eigenvalue weighted by atomic mass is 10.1. The first-order chi connectivity index (χ1) is 8.32. The van der Waals surface area contributed by atoms with Gasteiger partial charge in [-0.25, -0.2) is 4.39 Å². The van der Waals surface area contributed by atoms with Crippen molar-refractivity contribution in [3.8, 4) is 0 Å². The molecule has 0 aliphatic heterocycles. The summed E-state index contributed by atoms with van der Waals surface area (Å²) in [6.45, 7) is 1.19. The molecule has 18 heavy (non-hydrogen) atoms. The lowest BCUT2D eigenvalue weighted by Crippen LogP contribution is -2.38. The van der Waals surface area contributed by atoms with Crippen molar-refractivity contribution >= 4 is 17.6 Å². The van der Waals surface area contributed by atoms with Crippen molar-refractivity contribution in [1.82, 2.24) is 5.32 Å². The molecule has 1 amide bonds. The van der Waals surface area contributed by atoms with Crippen LogP contribution in [-0.2, 0) is 4.79 Å². The van der Waals surface area contributed by atoms with E-state index in [1.54, 1.807) is 0 Å². The van der Waals surface area contributed by atoms with Gasteiger partial charge in [0.1, 0.15) is 17.4 Å². The number of nitrogens with zero attached hydrogens (tertiary/aromatic N) is 1. The highest BCUT2D eigenvalue weighted by atomic mass is 19.1. The van der Waals surface area contributed by atoms with Gasteiger partial charge in [-0.3, -0.25) is 19.7 Å². The van der Waals surface area contributed by atoms with Crippen LogP contribution < -0.4 is 5.32 Å². The van der Waals surface area contributed by atoms with Gasteiger partial charge in [-0.1, -0.05) is 0 Å². The quantitative estimate of drug-likeness (QED) is 0.615. The average Bonchev–Trinajstić information content (AvgIpc) is 2.28. The van der Waals surface area contributed by atoms with Crippen molar-refractivity contribution in [2.24, 2.45) is 0 Å². The molecule has 96 valence electrons. The van der Waals surface area contributed by atoms with E-state index in [-0.39, 0.29) is 0 Å². The predicted octanol–water partition coefficient (Wildman–Crippen LogP) is 0.937. The number of nitro benzene ring substituents is 1.